The highest BCUT2D eigenvalue weighted by Crippen LogP contribution is 2.37. The molecular weight excluding hydrogens is 376 g/mol. The predicted octanol–water partition coefficient (Wildman–Crippen LogP) is 7.23. The van der Waals surface area contributed by atoms with Gasteiger partial charge in [-0.05, 0) is 68.4 Å². The van der Waals surface area contributed by atoms with E-state index in [0.717, 1.165) is 0 Å². The molecule has 30 heavy (non-hydrogen) atoms. The first-order valence-corrected chi connectivity index (χ1v) is 11.8. The fraction of sp³-hybridized carbons (Fsp3) is 0.241. The van der Waals surface area contributed by atoms with Crippen molar-refractivity contribution in [2.45, 2.75) is 41.5 Å². The SMILES string of the molecule is CC1=C(C)C(C)C([Si]c2cccc(-c3cccc(C)c3)c2-c2cccc(C)c2)=C1C. The summed E-state index contributed by atoms with van der Waals surface area (Å²) in [7, 11) is 0.688. The van der Waals surface area contributed by atoms with Gasteiger partial charge in [-0.3, -0.25) is 0 Å². The molecule has 2 radical (unpaired) electrons. The molecule has 0 aliphatic heterocycles. The third kappa shape index (κ3) is 3.75. The van der Waals surface area contributed by atoms with Crippen molar-refractivity contribution in [2.24, 2.45) is 5.92 Å². The quantitative estimate of drug-likeness (QED) is 0.401. The minimum Gasteiger partial charge on any atom is -0.0695 e. The lowest BCUT2D eigenvalue weighted by molar-refractivity contribution is 0.856. The largest absolute Gasteiger partial charge is 0.117 e. The van der Waals surface area contributed by atoms with Crippen molar-refractivity contribution in [3.05, 3.63) is 99.8 Å². The molecule has 1 aliphatic carbocycles. The Morgan fingerprint density at radius 3 is 1.87 bits per heavy atom. The second kappa shape index (κ2) is 8.24. The van der Waals surface area contributed by atoms with Gasteiger partial charge in [-0.1, -0.05) is 106 Å². The fourth-order valence-corrected chi connectivity index (χ4v) is 6.21. The minimum atomic E-state index is 0.538. The number of hydrogen-bond acceptors (Lipinski definition) is 0. The van der Waals surface area contributed by atoms with Crippen LogP contribution in [0.4, 0.5) is 0 Å². The molecule has 150 valence electrons. The molecule has 0 heterocycles. The monoisotopic (exact) mass is 406 g/mol. The average Bonchev–Trinajstić information content (AvgIpc) is 2.91. The van der Waals surface area contributed by atoms with E-state index in [9.17, 15) is 0 Å². The lowest BCUT2D eigenvalue weighted by Crippen LogP contribution is -2.23. The van der Waals surface area contributed by atoms with Crippen LogP contribution in [0.3, 0.4) is 0 Å². The van der Waals surface area contributed by atoms with Gasteiger partial charge in [0, 0.05) is 0 Å². The molecule has 1 aliphatic rings. The Kier molecular flexibility index (Phi) is 5.66. The smallest absolute Gasteiger partial charge is 0.0695 e. The maximum absolute atomic E-state index is 2.37. The molecule has 0 nitrogen and oxygen atoms in total. The van der Waals surface area contributed by atoms with E-state index >= 15 is 0 Å². The van der Waals surface area contributed by atoms with Crippen LogP contribution in [-0.2, 0) is 0 Å². The first-order valence-electron chi connectivity index (χ1n) is 10.8. The van der Waals surface area contributed by atoms with Gasteiger partial charge >= 0.3 is 0 Å². The van der Waals surface area contributed by atoms with Crippen molar-refractivity contribution in [1.29, 1.82) is 0 Å². The van der Waals surface area contributed by atoms with Crippen LogP contribution >= 0.6 is 0 Å². The van der Waals surface area contributed by atoms with Crippen molar-refractivity contribution in [2.75, 3.05) is 0 Å². The lowest BCUT2D eigenvalue weighted by atomic mass is 9.93. The molecule has 4 rings (SSSR count). The Morgan fingerprint density at radius 2 is 1.27 bits per heavy atom. The van der Waals surface area contributed by atoms with Crippen LogP contribution in [0.25, 0.3) is 22.3 Å². The highest BCUT2D eigenvalue weighted by Gasteiger charge is 2.25. The Morgan fingerprint density at radius 1 is 0.667 bits per heavy atom. The molecule has 0 fully saturated rings. The number of aryl methyl sites for hydroxylation is 2. The topological polar surface area (TPSA) is 0 Å². The maximum atomic E-state index is 2.37. The van der Waals surface area contributed by atoms with E-state index in [2.05, 4.69) is 108 Å². The number of benzene rings is 3. The van der Waals surface area contributed by atoms with Crippen LogP contribution in [0.1, 0.15) is 38.8 Å². The summed E-state index contributed by atoms with van der Waals surface area (Å²) >= 11 is 0. The zero-order valence-corrected chi connectivity index (χ0v) is 19.9. The highest BCUT2D eigenvalue weighted by molar-refractivity contribution is 6.63. The molecule has 1 heteroatoms. The summed E-state index contributed by atoms with van der Waals surface area (Å²) in [5.41, 5.74) is 12.5. The second-order valence-electron chi connectivity index (χ2n) is 8.66. The third-order valence-corrected chi connectivity index (χ3v) is 8.37. The summed E-state index contributed by atoms with van der Waals surface area (Å²) in [5, 5.41) is 3.05. The van der Waals surface area contributed by atoms with Gasteiger partial charge in [0.2, 0.25) is 0 Å². The first kappa shape index (κ1) is 20.6. The molecule has 0 spiro atoms. The summed E-state index contributed by atoms with van der Waals surface area (Å²) < 4.78 is 0. The highest BCUT2D eigenvalue weighted by atomic mass is 28.2. The van der Waals surface area contributed by atoms with Crippen LogP contribution in [0, 0.1) is 19.8 Å². The van der Waals surface area contributed by atoms with Gasteiger partial charge in [-0.25, -0.2) is 0 Å². The Hall–Kier alpha value is -2.64. The van der Waals surface area contributed by atoms with E-state index in [-0.39, 0.29) is 0 Å². The fourth-order valence-electron chi connectivity index (χ4n) is 4.53. The first-order chi connectivity index (χ1) is 14.4. The van der Waals surface area contributed by atoms with Crippen molar-refractivity contribution in [3.63, 3.8) is 0 Å². The van der Waals surface area contributed by atoms with E-state index in [1.54, 1.807) is 5.20 Å². The van der Waals surface area contributed by atoms with Gasteiger partial charge in [0.1, 0.15) is 9.52 Å². The Labute approximate surface area is 184 Å². The number of allylic oxidation sites excluding steroid dienone is 4. The predicted molar refractivity (Wildman–Crippen MR) is 132 cm³/mol. The van der Waals surface area contributed by atoms with E-state index in [1.807, 2.05) is 0 Å². The summed E-state index contributed by atoms with van der Waals surface area (Å²) in [6, 6.07) is 24.7. The second-order valence-corrected chi connectivity index (χ2v) is 9.99. The van der Waals surface area contributed by atoms with Crippen LogP contribution in [0.5, 0.6) is 0 Å². The van der Waals surface area contributed by atoms with Crippen LogP contribution < -0.4 is 5.19 Å². The van der Waals surface area contributed by atoms with Gasteiger partial charge in [-0.2, -0.15) is 0 Å². The van der Waals surface area contributed by atoms with Crippen molar-refractivity contribution < 1.29 is 0 Å². The zero-order chi connectivity index (χ0) is 21.4. The molecule has 3 aromatic rings. The molecule has 0 saturated carbocycles. The van der Waals surface area contributed by atoms with E-state index < -0.39 is 0 Å². The van der Waals surface area contributed by atoms with Gasteiger partial charge in [0.25, 0.3) is 0 Å². The average molecular weight is 407 g/mol. The molecule has 1 atom stereocenters. The molecule has 0 amide bonds. The summed E-state index contributed by atoms with van der Waals surface area (Å²) in [4.78, 5) is 0. The van der Waals surface area contributed by atoms with Crippen molar-refractivity contribution in [3.8, 4) is 22.3 Å². The molecule has 0 aromatic heterocycles. The third-order valence-electron chi connectivity index (χ3n) is 6.61. The number of hydrogen-bond donors (Lipinski definition) is 0. The number of rotatable bonds is 4. The maximum Gasteiger partial charge on any atom is 0.117 e. The Bertz CT molecular complexity index is 1180. The van der Waals surface area contributed by atoms with Gasteiger partial charge < -0.3 is 0 Å². The van der Waals surface area contributed by atoms with E-state index in [4.69, 9.17) is 0 Å². The molecular formula is C29H30Si. The molecule has 0 saturated heterocycles. The van der Waals surface area contributed by atoms with Gasteiger partial charge in [0.05, 0.1) is 0 Å². The summed E-state index contributed by atoms with van der Waals surface area (Å²) in [5.74, 6) is 0.538. The summed E-state index contributed by atoms with van der Waals surface area (Å²) in [6.45, 7) is 13.6. The van der Waals surface area contributed by atoms with Crippen LogP contribution in [0.15, 0.2) is 88.6 Å². The van der Waals surface area contributed by atoms with Crippen LogP contribution in [-0.4, -0.2) is 9.52 Å². The van der Waals surface area contributed by atoms with Crippen molar-refractivity contribution in [1.82, 2.24) is 0 Å². The molecule has 3 aromatic carbocycles. The molecule has 0 N–H and O–H groups in total. The van der Waals surface area contributed by atoms with Crippen molar-refractivity contribution >= 4 is 14.7 Å². The van der Waals surface area contributed by atoms with Gasteiger partial charge in [-0.15, -0.1) is 0 Å². The van der Waals surface area contributed by atoms with E-state index in [1.165, 1.54) is 55.3 Å². The molecule has 0 bridgehead atoms. The van der Waals surface area contributed by atoms with Crippen LogP contribution in [0.2, 0.25) is 0 Å². The van der Waals surface area contributed by atoms with E-state index in [0.29, 0.717) is 15.4 Å². The Balaban J connectivity index is 1.91. The van der Waals surface area contributed by atoms with Gasteiger partial charge in [0.15, 0.2) is 0 Å². The lowest BCUT2D eigenvalue weighted by Gasteiger charge is -2.19. The zero-order valence-electron chi connectivity index (χ0n) is 18.9. The standard InChI is InChI=1S/C29H30Si/c1-18-10-7-12-24(16-18)26-14-9-15-27(28(26)25-13-8-11-19(2)17-25)30-29-22(5)20(3)21(4)23(29)6/h7-17,22H,1-6H3. The summed E-state index contributed by atoms with van der Waals surface area (Å²) in [6.07, 6.45) is 0. The minimum absolute atomic E-state index is 0.538. The molecule has 1 unspecified atom stereocenters. The normalized spacial score (nSPS) is 16.5.